The fourth-order valence-corrected chi connectivity index (χ4v) is 3.24. The highest BCUT2D eigenvalue weighted by Crippen LogP contribution is 2.26. The van der Waals surface area contributed by atoms with Crippen LogP contribution >= 0.6 is 11.6 Å². The van der Waals surface area contributed by atoms with Crippen molar-refractivity contribution in [3.63, 3.8) is 0 Å². The van der Waals surface area contributed by atoms with E-state index < -0.39 is 5.63 Å². The van der Waals surface area contributed by atoms with E-state index in [2.05, 4.69) is 5.32 Å². The van der Waals surface area contributed by atoms with Crippen molar-refractivity contribution in [2.75, 3.05) is 25.5 Å². The van der Waals surface area contributed by atoms with Crippen LogP contribution in [0.1, 0.15) is 18.1 Å². The predicted molar refractivity (Wildman–Crippen MR) is 115 cm³/mol. The maximum Gasteiger partial charge on any atom is 0.336 e. The highest BCUT2D eigenvalue weighted by molar-refractivity contribution is 6.32. The first kappa shape index (κ1) is 20.9. The molecule has 2 aromatic carbocycles. The molecule has 0 fully saturated rings. The molecule has 0 aliphatic carbocycles. The number of ether oxygens (including phenoxy) is 1. The van der Waals surface area contributed by atoms with Gasteiger partial charge in [-0.3, -0.25) is 9.69 Å². The largest absolute Gasteiger partial charge is 0.497 e. The summed E-state index contributed by atoms with van der Waals surface area (Å²) in [5.74, 6) is 0.583. The summed E-state index contributed by atoms with van der Waals surface area (Å²) in [6.45, 7) is 5.07. The lowest BCUT2D eigenvalue weighted by molar-refractivity contribution is -0.117. The Balaban J connectivity index is 1.76. The minimum Gasteiger partial charge on any atom is -0.497 e. The molecule has 152 valence electrons. The molecule has 1 amide bonds. The van der Waals surface area contributed by atoms with E-state index in [0.29, 0.717) is 29.4 Å². The van der Waals surface area contributed by atoms with Gasteiger partial charge in [-0.25, -0.2) is 4.79 Å². The highest BCUT2D eigenvalue weighted by atomic mass is 35.5. The number of hydrogen-bond acceptors (Lipinski definition) is 5. The molecule has 1 N–H and O–H groups in total. The Bertz CT molecular complexity index is 1080. The average Bonchev–Trinajstić information content (AvgIpc) is 2.69. The van der Waals surface area contributed by atoms with Crippen LogP contribution in [0.2, 0.25) is 5.02 Å². The zero-order chi connectivity index (χ0) is 21.0. The maximum absolute atomic E-state index is 12.5. The van der Waals surface area contributed by atoms with E-state index in [4.69, 9.17) is 20.8 Å². The Kier molecular flexibility index (Phi) is 6.56. The minimum absolute atomic E-state index is 0.141. The summed E-state index contributed by atoms with van der Waals surface area (Å²) < 4.78 is 10.4. The van der Waals surface area contributed by atoms with Gasteiger partial charge in [0.1, 0.15) is 11.3 Å². The van der Waals surface area contributed by atoms with E-state index in [1.165, 1.54) is 6.07 Å². The van der Waals surface area contributed by atoms with Crippen molar-refractivity contribution in [3.05, 3.63) is 69.0 Å². The Labute approximate surface area is 174 Å². The van der Waals surface area contributed by atoms with Gasteiger partial charge in [-0.2, -0.15) is 0 Å². The lowest BCUT2D eigenvalue weighted by atomic mass is 10.1. The second kappa shape index (κ2) is 9.11. The van der Waals surface area contributed by atoms with Gasteiger partial charge in [0.25, 0.3) is 0 Å². The van der Waals surface area contributed by atoms with Gasteiger partial charge in [0.05, 0.1) is 13.7 Å². The lowest BCUT2D eigenvalue weighted by Crippen LogP contribution is -2.33. The van der Waals surface area contributed by atoms with E-state index in [-0.39, 0.29) is 12.5 Å². The molecule has 0 saturated carbocycles. The number of nitrogens with one attached hydrogen (secondary N) is 1. The summed E-state index contributed by atoms with van der Waals surface area (Å²) in [4.78, 5) is 26.4. The standard InChI is InChI=1S/C22H23ClN2O4/c1-4-25(13-21(26)24-16-5-7-17(28-3)8-6-16)12-15-10-22(27)29-20-9-14(2)19(23)11-18(15)20/h5-11H,4,12-13H2,1-3H3,(H,24,26). The van der Waals surface area contributed by atoms with Crippen LogP contribution in [0, 0.1) is 6.92 Å². The van der Waals surface area contributed by atoms with Crippen LogP contribution in [0.3, 0.4) is 0 Å². The second-order valence-corrected chi connectivity index (χ2v) is 7.18. The molecular formula is C22H23ClN2O4. The summed E-state index contributed by atoms with van der Waals surface area (Å²) in [6.07, 6.45) is 0. The molecule has 0 saturated heterocycles. The maximum atomic E-state index is 12.5. The van der Waals surface area contributed by atoms with Crippen LogP contribution in [0.5, 0.6) is 5.75 Å². The van der Waals surface area contributed by atoms with Gasteiger partial charge < -0.3 is 14.5 Å². The molecular weight excluding hydrogens is 392 g/mol. The van der Waals surface area contributed by atoms with Gasteiger partial charge in [0.15, 0.2) is 0 Å². The molecule has 0 aliphatic rings. The van der Waals surface area contributed by atoms with Crippen molar-refractivity contribution in [1.29, 1.82) is 0 Å². The average molecular weight is 415 g/mol. The Morgan fingerprint density at radius 2 is 1.93 bits per heavy atom. The molecule has 0 aliphatic heterocycles. The van der Waals surface area contributed by atoms with Crippen molar-refractivity contribution in [2.45, 2.75) is 20.4 Å². The van der Waals surface area contributed by atoms with E-state index >= 15 is 0 Å². The summed E-state index contributed by atoms with van der Waals surface area (Å²) in [6, 6.07) is 12.2. The van der Waals surface area contributed by atoms with E-state index in [9.17, 15) is 9.59 Å². The van der Waals surface area contributed by atoms with Gasteiger partial charge in [0.2, 0.25) is 5.91 Å². The molecule has 3 rings (SSSR count). The van der Waals surface area contributed by atoms with Crippen molar-refractivity contribution < 1.29 is 13.9 Å². The Morgan fingerprint density at radius 3 is 2.59 bits per heavy atom. The first-order valence-corrected chi connectivity index (χ1v) is 9.66. The van der Waals surface area contributed by atoms with Crippen LogP contribution in [0.4, 0.5) is 5.69 Å². The number of likely N-dealkylation sites (N-methyl/N-ethyl adjacent to an activating group) is 1. The molecule has 0 radical (unpaired) electrons. The number of benzene rings is 2. The first-order valence-electron chi connectivity index (χ1n) is 9.28. The Morgan fingerprint density at radius 1 is 1.21 bits per heavy atom. The third-order valence-corrected chi connectivity index (χ3v) is 5.10. The number of hydrogen-bond donors (Lipinski definition) is 1. The van der Waals surface area contributed by atoms with E-state index in [1.54, 1.807) is 43.5 Å². The van der Waals surface area contributed by atoms with Crippen LogP contribution in [0.25, 0.3) is 11.0 Å². The first-order chi connectivity index (χ1) is 13.9. The number of nitrogens with zero attached hydrogens (tertiary/aromatic N) is 1. The van der Waals surface area contributed by atoms with E-state index in [1.807, 2.05) is 18.7 Å². The zero-order valence-electron chi connectivity index (χ0n) is 16.6. The van der Waals surface area contributed by atoms with Gasteiger partial charge in [-0.1, -0.05) is 18.5 Å². The summed E-state index contributed by atoms with van der Waals surface area (Å²) in [5, 5.41) is 4.25. The van der Waals surface area contributed by atoms with Gasteiger partial charge in [-0.15, -0.1) is 0 Å². The molecule has 0 spiro atoms. The zero-order valence-corrected chi connectivity index (χ0v) is 17.4. The summed E-state index contributed by atoms with van der Waals surface area (Å²) >= 11 is 6.26. The molecule has 3 aromatic rings. The monoisotopic (exact) mass is 414 g/mol. The third kappa shape index (κ3) is 5.16. The molecule has 6 nitrogen and oxygen atoms in total. The number of carbonyl (C=O) groups excluding carboxylic acids is 1. The van der Waals surface area contributed by atoms with Crippen molar-refractivity contribution in [2.24, 2.45) is 0 Å². The number of methoxy groups -OCH3 is 1. The fourth-order valence-electron chi connectivity index (χ4n) is 3.08. The minimum atomic E-state index is -0.423. The van der Waals surface area contributed by atoms with Crippen LogP contribution < -0.4 is 15.7 Å². The molecule has 0 atom stereocenters. The predicted octanol–water partition coefficient (Wildman–Crippen LogP) is 4.22. The normalized spacial score (nSPS) is 11.1. The quantitative estimate of drug-likeness (QED) is 0.586. The van der Waals surface area contributed by atoms with E-state index in [0.717, 1.165) is 22.3 Å². The molecule has 1 heterocycles. The van der Waals surface area contributed by atoms with Crippen LogP contribution in [-0.4, -0.2) is 31.0 Å². The number of amides is 1. The topological polar surface area (TPSA) is 71.8 Å². The smallest absolute Gasteiger partial charge is 0.336 e. The third-order valence-electron chi connectivity index (χ3n) is 4.69. The fraction of sp³-hybridized carbons (Fsp3) is 0.273. The molecule has 7 heteroatoms. The summed E-state index contributed by atoms with van der Waals surface area (Å²) in [5.41, 5.74) is 2.38. The molecule has 1 aromatic heterocycles. The number of anilines is 1. The highest BCUT2D eigenvalue weighted by Gasteiger charge is 2.14. The Hall–Kier alpha value is -2.83. The van der Waals surface area contributed by atoms with Gasteiger partial charge in [0, 0.05) is 28.7 Å². The van der Waals surface area contributed by atoms with Crippen LogP contribution in [-0.2, 0) is 11.3 Å². The van der Waals surface area contributed by atoms with Gasteiger partial charge in [-0.05, 0) is 61.0 Å². The second-order valence-electron chi connectivity index (χ2n) is 6.77. The number of aryl methyl sites for hydroxylation is 1. The summed E-state index contributed by atoms with van der Waals surface area (Å²) in [7, 11) is 1.59. The van der Waals surface area contributed by atoms with Gasteiger partial charge >= 0.3 is 5.63 Å². The lowest BCUT2D eigenvalue weighted by Gasteiger charge is -2.20. The molecule has 29 heavy (non-hydrogen) atoms. The van der Waals surface area contributed by atoms with Crippen molar-refractivity contribution in [3.8, 4) is 5.75 Å². The number of fused-ring (bicyclic) bond motifs is 1. The molecule has 0 bridgehead atoms. The molecule has 0 unspecified atom stereocenters. The van der Waals surface area contributed by atoms with Crippen LogP contribution in [0.15, 0.2) is 51.7 Å². The number of halogens is 1. The van der Waals surface area contributed by atoms with Crippen molar-refractivity contribution in [1.82, 2.24) is 4.90 Å². The number of rotatable bonds is 7. The SMILES string of the molecule is CCN(CC(=O)Nc1ccc(OC)cc1)Cc1cc(=O)oc2cc(C)c(Cl)cc12. The van der Waals surface area contributed by atoms with Crippen molar-refractivity contribution >= 4 is 34.2 Å². The number of carbonyl (C=O) groups is 1.